The van der Waals surface area contributed by atoms with E-state index in [1.807, 2.05) is 20.8 Å². The Bertz CT molecular complexity index is 640. The topological polar surface area (TPSA) is 102 Å². The molecule has 2 N–H and O–H groups in total. The van der Waals surface area contributed by atoms with E-state index >= 15 is 0 Å². The molecule has 0 radical (unpaired) electrons. The van der Waals surface area contributed by atoms with E-state index < -0.39 is 41.5 Å². The van der Waals surface area contributed by atoms with Crippen molar-refractivity contribution in [2.24, 2.45) is 17.8 Å². The predicted molar refractivity (Wildman–Crippen MR) is 95.3 cm³/mol. The van der Waals surface area contributed by atoms with E-state index in [0.29, 0.717) is 6.42 Å². The van der Waals surface area contributed by atoms with Crippen LogP contribution in [0.15, 0.2) is 12.2 Å². The van der Waals surface area contributed by atoms with E-state index in [0.717, 1.165) is 0 Å². The van der Waals surface area contributed by atoms with Gasteiger partial charge in [0.2, 0.25) is 0 Å². The van der Waals surface area contributed by atoms with Gasteiger partial charge in [0.05, 0.1) is 6.10 Å². The van der Waals surface area contributed by atoms with Gasteiger partial charge in [-0.15, -0.1) is 0 Å². The van der Waals surface area contributed by atoms with Crippen LogP contribution < -0.4 is 0 Å². The van der Waals surface area contributed by atoms with Gasteiger partial charge >= 0.3 is 11.9 Å². The number of carbonyl (C=O) groups excluding carboxylic acids is 2. The lowest BCUT2D eigenvalue weighted by Gasteiger charge is -2.38. The molecule has 3 saturated heterocycles. The van der Waals surface area contributed by atoms with Crippen molar-refractivity contribution in [2.45, 2.75) is 83.1 Å². The number of aliphatic hydroxyl groups is 2. The number of hydrogen-bond donors (Lipinski definition) is 2. The van der Waals surface area contributed by atoms with Crippen molar-refractivity contribution in [3.05, 3.63) is 12.2 Å². The zero-order valence-corrected chi connectivity index (χ0v) is 16.4. The van der Waals surface area contributed by atoms with Crippen LogP contribution in [0.25, 0.3) is 0 Å². The summed E-state index contributed by atoms with van der Waals surface area (Å²) in [6.07, 6.45) is -1.32. The maximum atomic E-state index is 12.3. The Kier molecular flexibility index (Phi) is 5.16. The van der Waals surface area contributed by atoms with Crippen molar-refractivity contribution in [1.82, 2.24) is 0 Å². The highest BCUT2D eigenvalue weighted by Gasteiger charge is 2.59. The number of carbonyl (C=O) groups is 2. The van der Waals surface area contributed by atoms with Gasteiger partial charge in [0, 0.05) is 36.7 Å². The fourth-order valence-corrected chi connectivity index (χ4v) is 4.51. The maximum absolute atomic E-state index is 12.3. The number of ether oxygens (including phenoxy) is 3. The first-order valence-corrected chi connectivity index (χ1v) is 9.65. The van der Waals surface area contributed by atoms with E-state index in [1.54, 1.807) is 6.92 Å². The summed E-state index contributed by atoms with van der Waals surface area (Å²) < 4.78 is 17.0. The molecule has 3 heterocycles. The van der Waals surface area contributed by atoms with E-state index in [2.05, 4.69) is 6.58 Å². The van der Waals surface area contributed by atoms with Crippen LogP contribution in [0.4, 0.5) is 0 Å². The molecule has 152 valence electrons. The Morgan fingerprint density at radius 1 is 1.37 bits per heavy atom. The zero-order chi connectivity index (χ0) is 20.1. The normalized spacial score (nSPS) is 44.3. The third-order valence-corrected chi connectivity index (χ3v) is 6.00. The minimum atomic E-state index is -1.49. The highest BCUT2D eigenvalue weighted by molar-refractivity contribution is 5.91. The zero-order valence-electron chi connectivity index (χ0n) is 16.4. The average Bonchev–Trinajstić information content (AvgIpc) is 2.94. The summed E-state index contributed by atoms with van der Waals surface area (Å²) in [6.45, 7) is 11.0. The van der Waals surface area contributed by atoms with Crippen LogP contribution in [-0.2, 0) is 23.8 Å². The molecule has 2 bridgehead atoms. The second-order valence-corrected chi connectivity index (χ2v) is 9.00. The summed E-state index contributed by atoms with van der Waals surface area (Å²) in [4.78, 5) is 24.5. The SMILES string of the molecule is C=C1C(=O)O[C@@H]2[C@@H](OC(=O)CC(C)C)[C@@](C)(O)C[C@H]3C[C@@H](C)[C@@](O)(C[C@@H]12)O3. The van der Waals surface area contributed by atoms with Crippen molar-refractivity contribution >= 4 is 11.9 Å². The van der Waals surface area contributed by atoms with Crippen LogP contribution in [0.1, 0.15) is 53.4 Å². The Hall–Kier alpha value is -1.44. The first-order valence-electron chi connectivity index (χ1n) is 9.65. The molecule has 0 aromatic rings. The van der Waals surface area contributed by atoms with Gasteiger partial charge < -0.3 is 24.4 Å². The van der Waals surface area contributed by atoms with Crippen molar-refractivity contribution in [3.8, 4) is 0 Å². The van der Waals surface area contributed by atoms with E-state index in [4.69, 9.17) is 14.2 Å². The Labute approximate surface area is 159 Å². The molecule has 0 spiro atoms. The molecule has 3 aliphatic heterocycles. The maximum Gasteiger partial charge on any atom is 0.334 e. The lowest BCUT2D eigenvalue weighted by Crippen LogP contribution is -2.53. The number of hydrogen-bond acceptors (Lipinski definition) is 7. The van der Waals surface area contributed by atoms with Gasteiger partial charge in [-0.25, -0.2) is 4.79 Å². The number of fused-ring (bicyclic) bond motifs is 3. The van der Waals surface area contributed by atoms with Crippen LogP contribution in [0.2, 0.25) is 0 Å². The Morgan fingerprint density at radius 2 is 2.04 bits per heavy atom. The molecule has 0 aliphatic carbocycles. The number of esters is 2. The third kappa shape index (κ3) is 3.77. The van der Waals surface area contributed by atoms with Gasteiger partial charge in [0.25, 0.3) is 0 Å². The first kappa shape index (κ1) is 20.3. The lowest BCUT2D eigenvalue weighted by molar-refractivity contribution is -0.221. The van der Waals surface area contributed by atoms with Gasteiger partial charge in [-0.2, -0.15) is 0 Å². The van der Waals surface area contributed by atoms with Gasteiger partial charge in [0.15, 0.2) is 11.9 Å². The third-order valence-electron chi connectivity index (χ3n) is 6.00. The van der Waals surface area contributed by atoms with Crippen LogP contribution in [0.3, 0.4) is 0 Å². The Balaban J connectivity index is 1.97. The van der Waals surface area contributed by atoms with Crippen molar-refractivity contribution in [1.29, 1.82) is 0 Å². The lowest BCUT2D eigenvalue weighted by atomic mass is 9.77. The second-order valence-electron chi connectivity index (χ2n) is 9.00. The highest BCUT2D eigenvalue weighted by atomic mass is 16.6. The van der Waals surface area contributed by atoms with Gasteiger partial charge in [-0.3, -0.25) is 4.79 Å². The standard InChI is InChI=1S/C20H30O7/c1-10(2)6-15(21)25-17-16-14(12(4)18(22)26-16)9-20(24)11(3)7-13(27-20)8-19(17,5)23/h10-11,13-14,16-17,23-24H,4,6-9H2,1-3,5H3/t11-,13-,14+,16+,17-,19+,20-/m1/s1. The fourth-order valence-electron chi connectivity index (χ4n) is 4.51. The summed E-state index contributed by atoms with van der Waals surface area (Å²) in [5.74, 6) is -3.17. The molecule has 27 heavy (non-hydrogen) atoms. The fraction of sp³-hybridized carbons (Fsp3) is 0.800. The summed E-state index contributed by atoms with van der Waals surface area (Å²) in [6, 6.07) is 0. The molecule has 0 aromatic carbocycles. The monoisotopic (exact) mass is 382 g/mol. The van der Waals surface area contributed by atoms with Crippen molar-refractivity contribution in [3.63, 3.8) is 0 Å². The minimum Gasteiger partial charge on any atom is -0.455 e. The predicted octanol–water partition coefficient (Wildman–Crippen LogP) is 1.70. The van der Waals surface area contributed by atoms with E-state index in [1.165, 1.54) is 0 Å². The highest BCUT2D eigenvalue weighted by Crippen LogP contribution is 2.48. The molecular weight excluding hydrogens is 352 g/mol. The van der Waals surface area contributed by atoms with Crippen molar-refractivity contribution in [2.75, 3.05) is 0 Å². The largest absolute Gasteiger partial charge is 0.455 e. The molecule has 3 fully saturated rings. The molecule has 3 aliphatic rings. The molecule has 0 unspecified atom stereocenters. The van der Waals surface area contributed by atoms with Crippen LogP contribution in [0, 0.1) is 17.8 Å². The molecule has 7 heteroatoms. The Morgan fingerprint density at radius 3 is 2.67 bits per heavy atom. The first-order chi connectivity index (χ1) is 12.4. The quantitative estimate of drug-likeness (QED) is 0.566. The number of rotatable bonds is 3. The summed E-state index contributed by atoms with van der Waals surface area (Å²) in [5.41, 5.74) is -1.28. The summed E-state index contributed by atoms with van der Waals surface area (Å²) in [7, 11) is 0. The molecule has 0 saturated carbocycles. The molecule has 3 rings (SSSR count). The molecule has 7 atom stereocenters. The molecule has 7 nitrogen and oxygen atoms in total. The summed E-state index contributed by atoms with van der Waals surface area (Å²) in [5, 5.41) is 22.2. The van der Waals surface area contributed by atoms with Crippen LogP contribution in [-0.4, -0.2) is 51.9 Å². The average molecular weight is 382 g/mol. The smallest absolute Gasteiger partial charge is 0.334 e. The molecule has 0 amide bonds. The van der Waals surface area contributed by atoms with E-state index in [-0.39, 0.29) is 42.8 Å². The van der Waals surface area contributed by atoms with Gasteiger partial charge in [-0.1, -0.05) is 27.4 Å². The molecular formula is C20H30O7. The minimum absolute atomic E-state index is 0.0941. The summed E-state index contributed by atoms with van der Waals surface area (Å²) >= 11 is 0. The molecule has 0 aromatic heterocycles. The van der Waals surface area contributed by atoms with Crippen molar-refractivity contribution < 1.29 is 34.0 Å². The van der Waals surface area contributed by atoms with E-state index in [9.17, 15) is 19.8 Å². The second kappa shape index (κ2) is 6.87. The van der Waals surface area contributed by atoms with Gasteiger partial charge in [0.1, 0.15) is 11.7 Å². The van der Waals surface area contributed by atoms with Crippen LogP contribution >= 0.6 is 0 Å². The van der Waals surface area contributed by atoms with Crippen LogP contribution in [0.5, 0.6) is 0 Å². The van der Waals surface area contributed by atoms with Gasteiger partial charge in [-0.05, 0) is 19.3 Å².